The molecule has 1 aliphatic heterocycles. The molecule has 3 aromatic carbocycles. The fraction of sp³-hybridized carbons (Fsp3) is 0.148. The van der Waals surface area contributed by atoms with E-state index in [1.54, 1.807) is 18.2 Å². The summed E-state index contributed by atoms with van der Waals surface area (Å²) in [6.45, 7) is 5.80. The van der Waals surface area contributed by atoms with Crippen molar-refractivity contribution < 1.29 is 9.53 Å². The van der Waals surface area contributed by atoms with E-state index in [0.717, 1.165) is 33.4 Å². The first-order chi connectivity index (χ1) is 16.4. The number of hydrogen-bond donors (Lipinski definition) is 0. The van der Waals surface area contributed by atoms with E-state index in [1.165, 1.54) is 12.1 Å². The van der Waals surface area contributed by atoms with Crippen LogP contribution in [0.5, 0.6) is 5.75 Å². The first-order valence-corrected chi connectivity index (χ1v) is 11.3. The van der Waals surface area contributed by atoms with Gasteiger partial charge in [0.05, 0.1) is 40.5 Å². The van der Waals surface area contributed by atoms with Crippen molar-refractivity contribution in [1.82, 2.24) is 9.78 Å². The lowest BCUT2D eigenvalue weighted by Gasteiger charge is -2.13. The van der Waals surface area contributed by atoms with E-state index in [-0.39, 0.29) is 5.91 Å². The number of halogens is 1. The minimum atomic E-state index is -0.210. The van der Waals surface area contributed by atoms with Crippen molar-refractivity contribution in [2.45, 2.75) is 20.8 Å². The maximum atomic E-state index is 13.3. The summed E-state index contributed by atoms with van der Waals surface area (Å²) in [7, 11) is 1.54. The van der Waals surface area contributed by atoms with Gasteiger partial charge in [0.2, 0.25) is 0 Å². The van der Waals surface area contributed by atoms with Crippen LogP contribution in [0.2, 0.25) is 5.02 Å². The Bertz CT molecular complexity index is 1510. The van der Waals surface area contributed by atoms with Crippen LogP contribution < -0.4 is 9.75 Å². The summed E-state index contributed by atoms with van der Waals surface area (Å²) in [6, 6.07) is 19.6. The van der Waals surface area contributed by atoms with Crippen molar-refractivity contribution in [2.24, 2.45) is 5.10 Å². The molecule has 4 aromatic rings. The van der Waals surface area contributed by atoms with Crippen LogP contribution in [0, 0.1) is 13.8 Å². The molecule has 0 N–H and O–H groups in total. The highest BCUT2D eigenvalue weighted by Crippen LogP contribution is 2.33. The molecule has 34 heavy (non-hydrogen) atoms. The minimum Gasteiger partial charge on any atom is -0.495 e. The Hall–Kier alpha value is -3.90. The highest BCUT2D eigenvalue weighted by atomic mass is 35.5. The summed E-state index contributed by atoms with van der Waals surface area (Å²) in [5.41, 5.74) is 5.45. The average molecular weight is 471 g/mol. The zero-order valence-electron chi connectivity index (χ0n) is 19.3. The second-order valence-corrected chi connectivity index (χ2v) is 8.58. The summed E-state index contributed by atoms with van der Waals surface area (Å²) in [5, 5.41) is 13.4. The number of hydrogen-bond acceptors (Lipinski definition) is 4. The van der Waals surface area contributed by atoms with Crippen LogP contribution in [-0.4, -0.2) is 28.5 Å². The smallest absolute Gasteiger partial charge is 0.280 e. The maximum absolute atomic E-state index is 13.3. The molecular weight excluding hydrogens is 448 g/mol. The van der Waals surface area contributed by atoms with E-state index in [9.17, 15) is 4.79 Å². The topological polar surface area (TPSA) is 59.7 Å². The van der Waals surface area contributed by atoms with Gasteiger partial charge < -0.3 is 4.74 Å². The van der Waals surface area contributed by atoms with Crippen molar-refractivity contribution in [3.8, 4) is 11.4 Å². The first kappa shape index (κ1) is 21.9. The lowest BCUT2D eigenvalue weighted by molar-refractivity contribution is -0.114. The number of methoxy groups -OCH3 is 1. The third kappa shape index (κ3) is 3.56. The Morgan fingerprint density at radius 2 is 1.76 bits per heavy atom. The number of benzene rings is 3. The van der Waals surface area contributed by atoms with Gasteiger partial charge in [-0.25, -0.2) is 4.68 Å². The summed E-state index contributed by atoms with van der Waals surface area (Å²) in [4.78, 5) is 13.3. The number of ether oxygens (including phenoxy) is 1. The van der Waals surface area contributed by atoms with E-state index >= 15 is 0 Å². The number of fused-ring (bicyclic) bond motifs is 1. The summed E-state index contributed by atoms with van der Waals surface area (Å²) >= 11 is 6.14. The van der Waals surface area contributed by atoms with E-state index in [0.29, 0.717) is 27.7 Å². The molecule has 0 radical (unpaired) electrons. The lowest BCUT2D eigenvalue weighted by atomic mass is 10.1. The Balaban J connectivity index is 1.55. The van der Waals surface area contributed by atoms with Gasteiger partial charge in [0.25, 0.3) is 5.91 Å². The Morgan fingerprint density at radius 3 is 2.56 bits per heavy atom. The third-order valence-corrected chi connectivity index (χ3v) is 6.38. The average Bonchev–Trinajstić information content (AvgIpc) is 3.29. The van der Waals surface area contributed by atoms with Gasteiger partial charge in [0.1, 0.15) is 5.75 Å². The molecule has 0 bridgehead atoms. The van der Waals surface area contributed by atoms with Crippen molar-refractivity contribution in [3.05, 3.63) is 88.2 Å². The van der Waals surface area contributed by atoms with Crippen LogP contribution in [0.25, 0.3) is 22.5 Å². The molecule has 0 spiro atoms. The van der Waals surface area contributed by atoms with Crippen molar-refractivity contribution in [1.29, 1.82) is 0 Å². The number of amides is 1. The SMILES string of the molecule is COc1cc(N2N=C(C)/C(=C\c3c(C)nn(-c4cccc5ccccc45)c3C)C2=O)ccc1Cl. The molecule has 1 aliphatic rings. The Kier molecular flexibility index (Phi) is 5.46. The number of anilines is 1. The number of nitrogens with zero attached hydrogens (tertiary/aromatic N) is 4. The monoisotopic (exact) mass is 470 g/mol. The predicted octanol–water partition coefficient (Wildman–Crippen LogP) is 6.11. The van der Waals surface area contributed by atoms with E-state index in [2.05, 4.69) is 29.4 Å². The first-order valence-electron chi connectivity index (χ1n) is 10.9. The predicted molar refractivity (Wildman–Crippen MR) is 137 cm³/mol. The van der Waals surface area contributed by atoms with Gasteiger partial charge in [-0.05, 0) is 50.4 Å². The quantitative estimate of drug-likeness (QED) is 0.338. The summed E-state index contributed by atoms with van der Waals surface area (Å²) in [6.07, 6.45) is 1.88. The lowest BCUT2D eigenvalue weighted by Crippen LogP contribution is -2.21. The second kappa shape index (κ2) is 8.47. The molecule has 0 saturated carbocycles. The van der Waals surface area contributed by atoms with Crippen LogP contribution in [-0.2, 0) is 4.79 Å². The largest absolute Gasteiger partial charge is 0.495 e. The second-order valence-electron chi connectivity index (χ2n) is 8.17. The highest BCUT2D eigenvalue weighted by Gasteiger charge is 2.30. The molecule has 0 aliphatic carbocycles. The summed E-state index contributed by atoms with van der Waals surface area (Å²) < 4.78 is 7.23. The molecule has 0 atom stereocenters. The molecule has 6 nitrogen and oxygen atoms in total. The van der Waals surface area contributed by atoms with Gasteiger partial charge in [0, 0.05) is 22.7 Å². The van der Waals surface area contributed by atoms with E-state index < -0.39 is 0 Å². The minimum absolute atomic E-state index is 0.210. The van der Waals surface area contributed by atoms with Gasteiger partial charge in [-0.2, -0.15) is 15.2 Å². The summed E-state index contributed by atoms with van der Waals surface area (Å²) in [5.74, 6) is 0.277. The maximum Gasteiger partial charge on any atom is 0.280 e. The molecule has 7 heteroatoms. The van der Waals surface area contributed by atoms with Gasteiger partial charge in [-0.15, -0.1) is 0 Å². The van der Waals surface area contributed by atoms with Crippen LogP contribution in [0.15, 0.2) is 71.3 Å². The van der Waals surface area contributed by atoms with Crippen LogP contribution in [0.3, 0.4) is 0 Å². The molecule has 5 rings (SSSR count). The van der Waals surface area contributed by atoms with E-state index in [1.807, 2.05) is 49.7 Å². The number of rotatable bonds is 4. The van der Waals surface area contributed by atoms with Crippen molar-refractivity contribution in [2.75, 3.05) is 12.1 Å². The van der Waals surface area contributed by atoms with Crippen molar-refractivity contribution in [3.63, 3.8) is 0 Å². The number of aryl methyl sites for hydroxylation is 1. The standard InChI is InChI=1S/C27H23ClN4O2/c1-16-22(18(3)31(29-16)25-11-7-9-19-8-5-6-10-21(19)25)15-23-17(2)30-32(27(23)33)20-12-13-24(28)26(14-20)34-4/h5-15H,1-4H3/b23-15+. The zero-order valence-corrected chi connectivity index (χ0v) is 20.1. The molecule has 1 aromatic heterocycles. The molecule has 1 amide bonds. The highest BCUT2D eigenvalue weighted by molar-refractivity contribution is 6.33. The Labute approximate surface area is 202 Å². The van der Waals surface area contributed by atoms with Crippen LogP contribution in [0.1, 0.15) is 23.9 Å². The molecule has 170 valence electrons. The fourth-order valence-electron chi connectivity index (χ4n) is 4.28. The van der Waals surface area contributed by atoms with Gasteiger partial charge in [-0.1, -0.05) is 48.0 Å². The molecule has 0 saturated heterocycles. The van der Waals surface area contributed by atoms with Gasteiger partial charge in [-0.3, -0.25) is 4.79 Å². The van der Waals surface area contributed by atoms with Crippen LogP contribution >= 0.6 is 11.6 Å². The number of aromatic nitrogens is 2. The van der Waals surface area contributed by atoms with Gasteiger partial charge >= 0.3 is 0 Å². The molecular formula is C27H23ClN4O2. The van der Waals surface area contributed by atoms with Gasteiger partial charge in [0.15, 0.2) is 0 Å². The van der Waals surface area contributed by atoms with Crippen LogP contribution in [0.4, 0.5) is 5.69 Å². The number of carbonyl (C=O) groups is 1. The molecule has 2 heterocycles. The molecule has 0 fully saturated rings. The number of hydrazone groups is 1. The Morgan fingerprint density at radius 1 is 1.00 bits per heavy atom. The normalized spacial score (nSPS) is 14.9. The fourth-order valence-corrected chi connectivity index (χ4v) is 4.47. The van der Waals surface area contributed by atoms with E-state index in [4.69, 9.17) is 21.4 Å². The third-order valence-electron chi connectivity index (χ3n) is 6.07. The van der Waals surface area contributed by atoms with Crippen molar-refractivity contribution >= 4 is 45.8 Å². The number of carbonyl (C=O) groups excluding carboxylic acids is 1. The zero-order chi connectivity index (χ0) is 24.0. The molecule has 0 unspecified atom stereocenters.